The van der Waals surface area contributed by atoms with Crippen molar-refractivity contribution in [1.29, 1.82) is 10.5 Å². The molecule has 2 fully saturated rings. The third-order valence-corrected chi connectivity index (χ3v) is 3.79. The van der Waals surface area contributed by atoms with E-state index in [2.05, 4.69) is 18.1 Å². The Labute approximate surface area is 124 Å². The van der Waals surface area contributed by atoms with Crippen LogP contribution in [0.2, 0.25) is 0 Å². The number of rotatable bonds is 1. The minimum Gasteiger partial charge on any atom is -0.303 e. The van der Waals surface area contributed by atoms with Gasteiger partial charge in [-0.15, -0.1) is 12.3 Å². The van der Waals surface area contributed by atoms with Gasteiger partial charge in [-0.25, -0.2) is 0 Å². The van der Waals surface area contributed by atoms with Crippen molar-refractivity contribution in [3.63, 3.8) is 0 Å². The van der Waals surface area contributed by atoms with E-state index in [9.17, 15) is 4.79 Å². The van der Waals surface area contributed by atoms with E-state index in [1.165, 1.54) is 0 Å². The van der Waals surface area contributed by atoms with Gasteiger partial charge in [0.05, 0.1) is 23.0 Å². The summed E-state index contributed by atoms with van der Waals surface area (Å²) in [5, 5.41) is 17.0. The Balaban J connectivity index is 0. The monoisotopic (exact) mass is 274 g/mol. The normalized spacial score (nSPS) is 36.4. The molecular formula is C17H26N2O. The molecule has 0 radical (unpaired) electrons. The predicted molar refractivity (Wildman–Crippen MR) is 81.2 cm³/mol. The van der Waals surface area contributed by atoms with Crippen LogP contribution in [0.4, 0.5) is 0 Å². The second-order valence-electron chi connectivity index (χ2n) is 5.92. The van der Waals surface area contributed by atoms with Gasteiger partial charge in [0.25, 0.3) is 0 Å². The minimum absolute atomic E-state index is 0. The predicted octanol–water partition coefficient (Wildman–Crippen LogP) is 3.96. The van der Waals surface area contributed by atoms with Crippen LogP contribution >= 0.6 is 0 Å². The van der Waals surface area contributed by atoms with Gasteiger partial charge in [-0.3, -0.25) is 0 Å². The van der Waals surface area contributed by atoms with Crippen molar-refractivity contribution in [1.82, 2.24) is 0 Å². The standard InChI is InChI=1S/C8H9N.C7H9NO.2CH4/c1-3-7-4-8(2,5-7)6-9;1-7(5-8)2-6(3-7)4-9;;/h1,7H,4-5H2,2H3;4,6H,2-3H2,1H3;2*1H4. The van der Waals surface area contributed by atoms with Crippen molar-refractivity contribution >= 4 is 6.29 Å². The van der Waals surface area contributed by atoms with Gasteiger partial charge in [0, 0.05) is 11.8 Å². The average molecular weight is 274 g/mol. The van der Waals surface area contributed by atoms with E-state index in [1.807, 2.05) is 13.8 Å². The number of hydrogen-bond donors (Lipinski definition) is 0. The fourth-order valence-corrected chi connectivity index (χ4v) is 2.52. The average Bonchev–Trinajstić information content (AvgIpc) is 2.31. The first-order valence-electron chi connectivity index (χ1n) is 6.14. The highest BCUT2D eigenvalue weighted by Gasteiger charge is 2.40. The van der Waals surface area contributed by atoms with E-state index in [0.29, 0.717) is 5.92 Å². The molecule has 0 saturated heterocycles. The van der Waals surface area contributed by atoms with Crippen molar-refractivity contribution in [3.8, 4) is 24.5 Å². The molecule has 0 amide bonds. The van der Waals surface area contributed by atoms with Gasteiger partial charge in [0.2, 0.25) is 0 Å². The number of hydrogen-bond acceptors (Lipinski definition) is 3. The number of carbonyl (C=O) groups is 1. The highest BCUT2D eigenvalue weighted by atomic mass is 16.1. The van der Waals surface area contributed by atoms with Crippen molar-refractivity contribution in [3.05, 3.63) is 0 Å². The number of carbonyl (C=O) groups excluding carboxylic acids is 1. The second-order valence-corrected chi connectivity index (χ2v) is 5.92. The van der Waals surface area contributed by atoms with Crippen LogP contribution in [0.1, 0.15) is 54.4 Å². The summed E-state index contributed by atoms with van der Waals surface area (Å²) < 4.78 is 0. The summed E-state index contributed by atoms with van der Waals surface area (Å²) in [4.78, 5) is 10.1. The lowest BCUT2D eigenvalue weighted by Gasteiger charge is -2.36. The molecule has 110 valence electrons. The molecule has 20 heavy (non-hydrogen) atoms. The van der Waals surface area contributed by atoms with E-state index >= 15 is 0 Å². The molecule has 0 N–H and O–H groups in total. The third-order valence-electron chi connectivity index (χ3n) is 3.79. The maximum absolute atomic E-state index is 10.1. The molecule has 2 saturated carbocycles. The zero-order valence-electron chi connectivity index (χ0n) is 10.9. The first-order chi connectivity index (χ1) is 8.40. The molecule has 3 nitrogen and oxygen atoms in total. The first kappa shape index (κ1) is 20.5. The summed E-state index contributed by atoms with van der Waals surface area (Å²) in [7, 11) is 0. The molecule has 0 spiro atoms. The summed E-state index contributed by atoms with van der Waals surface area (Å²) in [6, 6.07) is 4.43. The van der Waals surface area contributed by atoms with Gasteiger partial charge in [-0.1, -0.05) is 14.9 Å². The molecule has 0 aromatic rings. The Bertz CT molecular complexity index is 435. The zero-order chi connectivity index (χ0) is 13.8. The molecule has 0 aromatic heterocycles. The summed E-state index contributed by atoms with van der Waals surface area (Å²) in [6.45, 7) is 3.86. The Hall–Kier alpha value is -1.79. The van der Waals surface area contributed by atoms with E-state index in [-0.39, 0.29) is 31.6 Å². The quantitative estimate of drug-likeness (QED) is 0.537. The van der Waals surface area contributed by atoms with Gasteiger partial charge in [0.1, 0.15) is 6.29 Å². The Morgan fingerprint density at radius 3 is 1.75 bits per heavy atom. The summed E-state index contributed by atoms with van der Waals surface area (Å²) >= 11 is 0. The second kappa shape index (κ2) is 7.72. The number of terminal acetylenes is 1. The van der Waals surface area contributed by atoms with Crippen molar-refractivity contribution in [2.45, 2.75) is 54.4 Å². The third kappa shape index (κ3) is 4.71. The lowest BCUT2D eigenvalue weighted by Crippen LogP contribution is -2.33. The van der Waals surface area contributed by atoms with E-state index < -0.39 is 0 Å². The van der Waals surface area contributed by atoms with E-state index in [0.717, 1.165) is 32.0 Å². The molecule has 0 heterocycles. The van der Waals surface area contributed by atoms with Crippen molar-refractivity contribution < 1.29 is 4.79 Å². The zero-order valence-corrected chi connectivity index (χ0v) is 10.9. The smallest absolute Gasteiger partial charge is 0.123 e. The molecule has 0 aromatic carbocycles. The molecule has 3 heteroatoms. The largest absolute Gasteiger partial charge is 0.303 e. The number of nitrogens with zero attached hydrogens (tertiary/aromatic N) is 2. The van der Waals surface area contributed by atoms with Gasteiger partial charge < -0.3 is 4.79 Å². The van der Waals surface area contributed by atoms with Crippen LogP contribution in [0.15, 0.2) is 0 Å². The van der Waals surface area contributed by atoms with Gasteiger partial charge in [-0.05, 0) is 39.5 Å². The fraction of sp³-hybridized carbons (Fsp3) is 0.706. The van der Waals surface area contributed by atoms with Crippen LogP contribution in [-0.2, 0) is 4.79 Å². The SMILES string of the molecule is C.C.C#CC1CC(C)(C#N)C1.CC1(C#N)CC(C=O)C1. The Kier molecular flexibility index (Phi) is 7.92. The highest BCUT2D eigenvalue weighted by Crippen LogP contribution is 2.44. The molecule has 2 aliphatic rings. The first-order valence-corrected chi connectivity index (χ1v) is 6.14. The topological polar surface area (TPSA) is 64.7 Å². The molecule has 2 rings (SSSR count). The van der Waals surface area contributed by atoms with Crippen LogP contribution < -0.4 is 0 Å². The summed E-state index contributed by atoms with van der Waals surface area (Å²) in [5.74, 6) is 3.17. The summed E-state index contributed by atoms with van der Waals surface area (Å²) in [6.07, 6.45) is 9.39. The lowest BCUT2D eigenvalue weighted by molar-refractivity contribution is -0.115. The molecule has 0 atom stereocenters. The molecule has 0 aliphatic heterocycles. The van der Waals surface area contributed by atoms with Crippen LogP contribution in [0.5, 0.6) is 0 Å². The molecule has 0 bridgehead atoms. The minimum atomic E-state index is -0.189. The van der Waals surface area contributed by atoms with Crippen LogP contribution in [-0.4, -0.2) is 6.29 Å². The van der Waals surface area contributed by atoms with Gasteiger partial charge >= 0.3 is 0 Å². The van der Waals surface area contributed by atoms with Gasteiger partial charge in [-0.2, -0.15) is 10.5 Å². The highest BCUT2D eigenvalue weighted by molar-refractivity contribution is 5.56. The lowest BCUT2D eigenvalue weighted by atomic mass is 9.64. The van der Waals surface area contributed by atoms with Crippen molar-refractivity contribution in [2.24, 2.45) is 22.7 Å². The molecule has 0 unspecified atom stereocenters. The number of nitriles is 2. The van der Waals surface area contributed by atoms with E-state index in [1.54, 1.807) is 0 Å². The summed E-state index contributed by atoms with van der Waals surface area (Å²) in [5.41, 5.74) is -0.289. The van der Waals surface area contributed by atoms with Gasteiger partial charge in [0.15, 0.2) is 0 Å². The Morgan fingerprint density at radius 2 is 1.45 bits per heavy atom. The molecule has 2 aliphatic carbocycles. The van der Waals surface area contributed by atoms with Crippen molar-refractivity contribution in [2.75, 3.05) is 0 Å². The maximum atomic E-state index is 10.1. The van der Waals surface area contributed by atoms with Crippen LogP contribution in [0, 0.1) is 57.7 Å². The maximum Gasteiger partial charge on any atom is 0.123 e. The van der Waals surface area contributed by atoms with E-state index in [4.69, 9.17) is 16.9 Å². The number of aldehydes is 1. The fourth-order valence-electron chi connectivity index (χ4n) is 2.52. The molecular weight excluding hydrogens is 248 g/mol. The van der Waals surface area contributed by atoms with Crippen LogP contribution in [0.25, 0.3) is 0 Å². The Morgan fingerprint density at radius 1 is 1.05 bits per heavy atom. The van der Waals surface area contributed by atoms with Crippen LogP contribution in [0.3, 0.4) is 0 Å².